The third kappa shape index (κ3) is 3.86. The van der Waals surface area contributed by atoms with E-state index in [0.717, 1.165) is 34.1 Å². The molecule has 1 atom stereocenters. The predicted molar refractivity (Wildman–Crippen MR) is 134 cm³/mol. The van der Waals surface area contributed by atoms with Crippen molar-refractivity contribution in [2.24, 2.45) is 16.0 Å². The zero-order chi connectivity index (χ0) is 23.2. The number of aryl methyl sites for hydroxylation is 1. The van der Waals surface area contributed by atoms with Gasteiger partial charge in [-0.3, -0.25) is 10.2 Å². The number of aliphatic imine (C=N–C) groups is 1. The first-order valence-electron chi connectivity index (χ1n) is 11.0. The van der Waals surface area contributed by atoms with Crippen LogP contribution in [-0.4, -0.2) is 31.5 Å². The van der Waals surface area contributed by atoms with Crippen molar-refractivity contribution >= 4 is 39.8 Å². The predicted octanol–water partition coefficient (Wildman–Crippen LogP) is 5.88. The van der Waals surface area contributed by atoms with Gasteiger partial charge in [0.1, 0.15) is 5.04 Å². The van der Waals surface area contributed by atoms with Gasteiger partial charge in [0, 0.05) is 23.0 Å². The Morgan fingerprint density at radius 3 is 2.47 bits per heavy atom. The Balaban J connectivity index is 1.69. The van der Waals surface area contributed by atoms with E-state index in [1.54, 1.807) is 6.08 Å². The molecule has 1 aromatic carbocycles. The first-order chi connectivity index (χ1) is 15.2. The van der Waals surface area contributed by atoms with Gasteiger partial charge in [-0.05, 0) is 73.4 Å². The highest BCUT2D eigenvalue weighted by Gasteiger charge is 2.36. The first kappa shape index (κ1) is 22.3. The summed E-state index contributed by atoms with van der Waals surface area (Å²) in [6.45, 7) is 12.6. The van der Waals surface area contributed by atoms with Crippen LogP contribution in [-0.2, 0) is 4.79 Å². The Labute approximate surface area is 193 Å². The molecular formula is C25H29N5OS. The maximum Gasteiger partial charge on any atom is 0.283 e. The molecule has 0 fully saturated rings. The van der Waals surface area contributed by atoms with E-state index in [9.17, 15) is 4.79 Å². The van der Waals surface area contributed by atoms with Gasteiger partial charge in [0.15, 0.2) is 5.84 Å². The lowest BCUT2D eigenvalue weighted by Crippen LogP contribution is -2.35. The zero-order valence-electron chi connectivity index (χ0n) is 19.4. The van der Waals surface area contributed by atoms with Gasteiger partial charge in [0.2, 0.25) is 5.17 Å². The number of carbonyl (C=O) groups excluding carboxylic acids is 1. The van der Waals surface area contributed by atoms with Crippen LogP contribution in [0.5, 0.6) is 0 Å². The van der Waals surface area contributed by atoms with Crippen molar-refractivity contribution in [3.63, 3.8) is 0 Å². The molecule has 0 spiro atoms. The van der Waals surface area contributed by atoms with Crippen molar-refractivity contribution in [3.8, 4) is 5.69 Å². The summed E-state index contributed by atoms with van der Waals surface area (Å²) >= 11 is 1.36. The number of thioether (sulfide) groups is 1. The van der Waals surface area contributed by atoms with Gasteiger partial charge in [0.25, 0.3) is 5.91 Å². The SMILES string of the molecule is CC[C@@H](C)c1ccc(-n2c(C)cc(/C=C3/C(=N)N4N=C(C(C)C)SC4=NC3=O)c2C)cc1. The molecule has 2 aliphatic rings. The average Bonchev–Trinajstić information content (AvgIpc) is 3.31. The number of nitrogens with zero attached hydrogens (tertiary/aromatic N) is 4. The standard InChI is InChI=1S/C25H29N5OS/c1-7-15(4)18-8-10-20(11-9-18)29-16(5)12-19(17(29)6)13-21-22(26)30-25(27-23(21)31)32-24(28-30)14(2)3/h8-15,26H,7H2,1-6H3/b21-13-,26-22?/t15-/m1/s1. The molecule has 0 radical (unpaired) electrons. The summed E-state index contributed by atoms with van der Waals surface area (Å²) in [5.74, 6) is 0.435. The molecule has 7 heteroatoms. The molecule has 4 rings (SSSR count). The van der Waals surface area contributed by atoms with Crippen LogP contribution in [0.4, 0.5) is 0 Å². The highest BCUT2D eigenvalue weighted by Crippen LogP contribution is 2.32. The molecule has 2 aromatic rings. The molecule has 1 aromatic heterocycles. The highest BCUT2D eigenvalue weighted by atomic mass is 32.2. The molecular weight excluding hydrogens is 418 g/mol. The largest absolute Gasteiger partial charge is 0.318 e. The Morgan fingerprint density at radius 1 is 1.16 bits per heavy atom. The maximum atomic E-state index is 12.7. The summed E-state index contributed by atoms with van der Waals surface area (Å²) in [5, 5.41) is 15.9. The van der Waals surface area contributed by atoms with E-state index in [2.05, 4.69) is 59.7 Å². The third-order valence-corrected chi connectivity index (χ3v) is 7.28. The lowest BCUT2D eigenvalue weighted by molar-refractivity contribution is -0.114. The first-order valence-corrected chi connectivity index (χ1v) is 11.8. The van der Waals surface area contributed by atoms with Gasteiger partial charge < -0.3 is 4.57 Å². The van der Waals surface area contributed by atoms with Crippen LogP contribution in [0.25, 0.3) is 11.8 Å². The Kier molecular flexibility index (Phi) is 5.95. The molecule has 32 heavy (non-hydrogen) atoms. The summed E-state index contributed by atoms with van der Waals surface area (Å²) in [7, 11) is 0. The van der Waals surface area contributed by atoms with Crippen molar-refractivity contribution in [2.75, 3.05) is 0 Å². The number of amidine groups is 2. The molecule has 0 saturated carbocycles. The second kappa shape index (κ2) is 8.54. The monoisotopic (exact) mass is 447 g/mol. The number of hydrazone groups is 1. The summed E-state index contributed by atoms with van der Waals surface area (Å²) in [5.41, 5.74) is 5.67. The maximum absolute atomic E-state index is 12.7. The van der Waals surface area contributed by atoms with E-state index in [0.29, 0.717) is 11.1 Å². The molecule has 6 nitrogen and oxygen atoms in total. The quantitative estimate of drug-likeness (QED) is 0.581. The minimum absolute atomic E-state index is 0.0749. The topological polar surface area (TPSA) is 73.8 Å². The summed E-state index contributed by atoms with van der Waals surface area (Å²) < 4.78 is 2.18. The minimum atomic E-state index is -0.392. The number of hydrogen-bond acceptors (Lipinski definition) is 4. The number of carbonyl (C=O) groups is 1. The van der Waals surface area contributed by atoms with Crippen LogP contribution >= 0.6 is 11.8 Å². The van der Waals surface area contributed by atoms with Crippen molar-refractivity contribution in [1.82, 2.24) is 9.58 Å². The number of benzene rings is 1. The van der Waals surface area contributed by atoms with Gasteiger partial charge in [-0.15, -0.1) is 0 Å². The van der Waals surface area contributed by atoms with Gasteiger partial charge in [-0.25, -0.2) is 0 Å². The number of amides is 1. The molecule has 0 saturated heterocycles. The van der Waals surface area contributed by atoms with Crippen LogP contribution in [0.1, 0.15) is 62.5 Å². The Morgan fingerprint density at radius 2 is 1.84 bits per heavy atom. The van der Waals surface area contributed by atoms with Crippen molar-refractivity contribution in [2.45, 2.75) is 53.9 Å². The lowest BCUT2D eigenvalue weighted by atomic mass is 9.98. The molecule has 0 unspecified atom stereocenters. The smallest absolute Gasteiger partial charge is 0.283 e. The molecule has 1 N–H and O–H groups in total. The van der Waals surface area contributed by atoms with Crippen LogP contribution in [0, 0.1) is 25.2 Å². The summed E-state index contributed by atoms with van der Waals surface area (Å²) in [4.78, 5) is 16.9. The fourth-order valence-corrected chi connectivity index (χ4v) is 4.81. The molecule has 3 heterocycles. The van der Waals surface area contributed by atoms with Crippen molar-refractivity contribution in [1.29, 1.82) is 5.41 Å². The lowest BCUT2D eigenvalue weighted by Gasteiger charge is -2.20. The van der Waals surface area contributed by atoms with E-state index in [1.165, 1.54) is 22.3 Å². The summed E-state index contributed by atoms with van der Waals surface area (Å²) in [6, 6.07) is 10.7. The number of rotatable bonds is 5. The number of nitrogens with one attached hydrogen (secondary N) is 1. The fourth-order valence-electron chi connectivity index (χ4n) is 3.91. The van der Waals surface area contributed by atoms with Gasteiger partial charge in [-0.2, -0.15) is 15.1 Å². The van der Waals surface area contributed by atoms with E-state index in [1.807, 2.05) is 26.8 Å². The number of aromatic nitrogens is 1. The molecule has 2 aliphatic heterocycles. The highest BCUT2D eigenvalue weighted by molar-refractivity contribution is 8.27. The fraction of sp³-hybridized carbons (Fsp3) is 0.360. The molecule has 166 valence electrons. The molecule has 1 amide bonds. The zero-order valence-corrected chi connectivity index (χ0v) is 20.2. The van der Waals surface area contributed by atoms with Crippen molar-refractivity contribution in [3.05, 3.63) is 58.4 Å². The molecule has 0 aliphatic carbocycles. The van der Waals surface area contributed by atoms with E-state index < -0.39 is 5.91 Å². The second-order valence-electron chi connectivity index (χ2n) is 8.68. The average molecular weight is 448 g/mol. The summed E-state index contributed by atoms with van der Waals surface area (Å²) in [6.07, 6.45) is 2.88. The number of hydrogen-bond donors (Lipinski definition) is 1. The van der Waals surface area contributed by atoms with Gasteiger partial charge >= 0.3 is 0 Å². The van der Waals surface area contributed by atoms with E-state index in [-0.39, 0.29) is 17.3 Å². The normalized spacial score (nSPS) is 18.3. The third-order valence-electron chi connectivity index (χ3n) is 6.07. The van der Waals surface area contributed by atoms with Crippen LogP contribution < -0.4 is 0 Å². The van der Waals surface area contributed by atoms with Crippen LogP contribution in [0.15, 0.2) is 46.0 Å². The second-order valence-corrected chi connectivity index (χ2v) is 9.66. The Bertz CT molecular complexity index is 1180. The number of fused-ring (bicyclic) bond motifs is 1. The van der Waals surface area contributed by atoms with Gasteiger partial charge in [0.05, 0.1) is 5.57 Å². The van der Waals surface area contributed by atoms with Gasteiger partial charge in [-0.1, -0.05) is 39.8 Å². The van der Waals surface area contributed by atoms with E-state index >= 15 is 0 Å². The van der Waals surface area contributed by atoms with E-state index in [4.69, 9.17) is 5.41 Å². The van der Waals surface area contributed by atoms with Crippen molar-refractivity contribution < 1.29 is 4.79 Å². The molecule has 0 bridgehead atoms. The minimum Gasteiger partial charge on any atom is -0.318 e. The van der Waals surface area contributed by atoms with Crippen LogP contribution in [0.3, 0.4) is 0 Å². The van der Waals surface area contributed by atoms with Crippen LogP contribution in [0.2, 0.25) is 0 Å². The Hall–Kier alpha value is -2.93.